The second kappa shape index (κ2) is 13.6. The van der Waals surface area contributed by atoms with Gasteiger partial charge in [-0.25, -0.2) is 0 Å². The molecule has 1 aromatic rings. The minimum Gasteiger partial charge on any atom is -0.356 e. The maximum Gasteiger partial charge on any atom is 0.222 e. The molecule has 0 radical (unpaired) electrons. The van der Waals surface area contributed by atoms with Gasteiger partial charge < -0.3 is 15.5 Å². The quantitative estimate of drug-likeness (QED) is 0.797. The summed E-state index contributed by atoms with van der Waals surface area (Å²) < 4.78 is 0. The summed E-state index contributed by atoms with van der Waals surface area (Å²) in [5.74, 6) is 0.858. The highest BCUT2D eigenvalue weighted by Crippen LogP contribution is 2.17. The molecule has 1 fully saturated rings. The van der Waals surface area contributed by atoms with Gasteiger partial charge in [-0.2, -0.15) is 0 Å². The first kappa shape index (κ1) is 24.4. The predicted octanol–water partition coefficient (Wildman–Crippen LogP) is 3.69. The molecule has 1 unspecified atom stereocenters. The van der Waals surface area contributed by atoms with Crippen LogP contribution in [0.1, 0.15) is 64.0 Å². The van der Waals surface area contributed by atoms with Crippen LogP contribution >= 0.6 is 12.4 Å². The van der Waals surface area contributed by atoms with Crippen molar-refractivity contribution in [3.8, 4) is 0 Å². The molecule has 2 N–H and O–H groups in total. The molecule has 1 saturated heterocycles. The monoisotopic (exact) mass is 409 g/mol. The molecular weight excluding hydrogens is 374 g/mol. The van der Waals surface area contributed by atoms with Gasteiger partial charge in [0, 0.05) is 38.5 Å². The van der Waals surface area contributed by atoms with Gasteiger partial charge in [0.2, 0.25) is 11.8 Å². The highest BCUT2D eigenvalue weighted by Gasteiger charge is 2.17. The maximum absolute atomic E-state index is 12.5. The average molecular weight is 410 g/mol. The van der Waals surface area contributed by atoms with Crippen LogP contribution in [0.15, 0.2) is 30.3 Å². The van der Waals surface area contributed by atoms with E-state index >= 15 is 0 Å². The Labute approximate surface area is 176 Å². The number of hydrogen-bond donors (Lipinski definition) is 2. The minimum atomic E-state index is 0. The van der Waals surface area contributed by atoms with Crippen LogP contribution in [0.4, 0.5) is 0 Å². The molecule has 2 amide bonds. The third kappa shape index (κ3) is 9.07. The number of hydrogen-bond acceptors (Lipinski definition) is 3. The molecule has 1 atom stereocenters. The summed E-state index contributed by atoms with van der Waals surface area (Å²) in [7, 11) is 0. The van der Waals surface area contributed by atoms with Crippen LogP contribution in [0.5, 0.6) is 0 Å². The van der Waals surface area contributed by atoms with E-state index in [9.17, 15) is 9.59 Å². The molecule has 0 bridgehead atoms. The number of rotatable bonds is 4. The van der Waals surface area contributed by atoms with E-state index in [0.717, 1.165) is 50.9 Å². The van der Waals surface area contributed by atoms with E-state index in [0.29, 0.717) is 25.3 Å². The van der Waals surface area contributed by atoms with E-state index < -0.39 is 0 Å². The zero-order valence-corrected chi connectivity index (χ0v) is 18.1. The molecule has 0 aliphatic carbocycles. The molecule has 1 heterocycles. The van der Waals surface area contributed by atoms with Crippen molar-refractivity contribution in [3.05, 3.63) is 35.9 Å². The van der Waals surface area contributed by atoms with Crippen molar-refractivity contribution in [2.75, 3.05) is 26.2 Å². The van der Waals surface area contributed by atoms with E-state index in [-0.39, 0.29) is 30.3 Å². The Morgan fingerprint density at radius 2 is 1.82 bits per heavy atom. The fraction of sp³-hybridized carbons (Fsp3) is 0.636. The van der Waals surface area contributed by atoms with Gasteiger partial charge in [0.15, 0.2) is 0 Å². The van der Waals surface area contributed by atoms with Gasteiger partial charge in [-0.1, -0.05) is 44.2 Å². The summed E-state index contributed by atoms with van der Waals surface area (Å²) in [4.78, 5) is 26.8. The van der Waals surface area contributed by atoms with Crippen molar-refractivity contribution in [3.63, 3.8) is 0 Å². The number of amides is 2. The third-order valence-electron chi connectivity index (χ3n) is 5.05. The average Bonchev–Trinajstić information content (AvgIpc) is 2.68. The second-order valence-corrected chi connectivity index (χ2v) is 7.85. The van der Waals surface area contributed by atoms with Crippen LogP contribution < -0.4 is 10.6 Å². The van der Waals surface area contributed by atoms with Crippen molar-refractivity contribution in [2.45, 2.75) is 58.4 Å². The third-order valence-corrected chi connectivity index (χ3v) is 5.05. The topological polar surface area (TPSA) is 61.4 Å². The zero-order chi connectivity index (χ0) is 19.5. The minimum absolute atomic E-state index is 0. The van der Waals surface area contributed by atoms with E-state index in [1.165, 1.54) is 0 Å². The molecule has 5 nitrogen and oxygen atoms in total. The lowest BCUT2D eigenvalue weighted by atomic mass is 10.0. The number of halogens is 1. The zero-order valence-electron chi connectivity index (χ0n) is 17.3. The Hall–Kier alpha value is -1.59. The van der Waals surface area contributed by atoms with Crippen molar-refractivity contribution >= 4 is 24.2 Å². The second-order valence-electron chi connectivity index (χ2n) is 7.85. The van der Waals surface area contributed by atoms with Gasteiger partial charge in [0.05, 0.1) is 0 Å². The maximum atomic E-state index is 12.5. The molecule has 2 rings (SSSR count). The summed E-state index contributed by atoms with van der Waals surface area (Å²) in [6, 6.07) is 10.2. The summed E-state index contributed by atoms with van der Waals surface area (Å²) in [5.41, 5.74) is 1.15. The highest BCUT2D eigenvalue weighted by atomic mass is 35.5. The molecule has 0 spiro atoms. The van der Waals surface area contributed by atoms with Gasteiger partial charge >= 0.3 is 0 Å². The van der Waals surface area contributed by atoms with Crippen LogP contribution in [0.2, 0.25) is 0 Å². The number of nitrogens with zero attached hydrogens (tertiary/aromatic N) is 1. The Morgan fingerprint density at radius 1 is 1.11 bits per heavy atom. The fourth-order valence-electron chi connectivity index (χ4n) is 3.38. The van der Waals surface area contributed by atoms with Gasteiger partial charge in [-0.3, -0.25) is 9.59 Å². The SMILES string of the molecule is CC(C)CCC(=O)N1CCCCNC(c2ccccc2)CC(=O)NCCC1.Cl. The molecule has 158 valence electrons. The van der Waals surface area contributed by atoms with Crippen LogP contribution in [0.3, 0.4) is 0 Å². The summed E-state index contributed by atoms with van der Waals surface area (Å²) in [5, 5.41) is 6.54. The number of nitrogens with one attached hydrogen (secondary N) is 2. The smallest absolute Gasteiger partial charge is 0.222 e. The molecule has 1 aliphatic heterocycles. The molecular formula is C22H36ClN3O2. The number of benzene rings is 1. The molecule has 1 aromatic carbocycles. The molecule has 1 aliphatic rings. The molecule has 0 saturated carbocycles. The number of carbonyl (C=O) groups is 2. The van der Waals surface area contributed by atoms with Crippen molar-refractivity contribution in [1.82, 2.24) is 15.5 Å². The largest absolute Gasteiger partial charge is 0.356 e. The lowest BCUT2D eigenvalue weighted by molar-refractivity contribution is -0.131. The Bertz CT molecular complexity index is 580. The van der Waals surface area contributed by atoms with Crippen LogP contribution in [0, 0.1) is 5.92 Å². The lowest BCUT2D eigenvalue weighted by Crippen LogP contribution is -2.35. The Kier molecular flexibility index (Phi) is 11.8. The van der Waals surface area contributed by atoms with Crippen LogP contribution in [0.25, 0.3) is 0 Å². The molecule has 28 heavy (non-hydrogen) atoms. The first-order valence-electron chi connectivity index (χ1n) is 10.4. The lowest BCUT2D eigenvalue weighted by Gasteiger charge is -2.23. The van der Waals surface area contributed by atoms with E-state index in [1.54, 1.807) is 0 Å². The summed E-state index contributed by atoms with van der Waals surface area (Å²) in [6.45, 7) is 7.30. The van der Waals surface area contributed by atoms with Crippen molar-refractivity contribution in [1.29, 1.82) is 0 Å². The highest BCUT2D eigenvalue weighted by molar-refractivity contribution is 5.85. The van der Waals surface area contributed by atoms with Gasteiger partial charge in [-0.05, 0) is 43.7 Å². The van der Waals surface area contributed by atoms with E-state index in [4.69, 9.17) is 0 Å². The Morgan fingerprint density at radius 3 is 2.54 bits per heavy atom. The summed E-state index contributed by atoms with van der Waals surface area (Å²) >= 11 is 0. The van der Waals surface area contributed by atoms with Crippen molar-refractivity contribution in [2.24, 2.45) is 5.92 Å². The van der Waals surface area contributed by atoms with E-state index in [2.05, 4.69) is 36.6 Å². The first-order chi connectivity index (χ1) is 13.1. The molecule has 6 heteroatoms. The standard InChI is InChI=1S/C22H35N3O2.ClH/c1-18(2)11-12-22(27)25-15-7-6-13-23-20(19-9-4-3-5-10-19)17-21(26)24-14-8-16-25;/h3-5,9-10,18,20,23H,6-8,11-17H2,1-2H3,(H,24,26);1H. The predicted molar refractivity (Wildman–Crippen MR) is 117 cm³/mol. The van der Waals surface area contributed by atoms with Gasteiger partial charge in [0.1, 0.15) is 0 Å². The van der Waals surface area contributed by atoms with Gasteiger partial charge in [-0.15, -0.1) is 12.4 Å². The van der Waals surface area contributed by atoms with E-state index in [1.807, 2.05) is 23.1 Å². The van der Waals surface area contributed by atoms with Crippen LogP contribution in [-0.4, -0.2) is 42.9 Å². The first-order valence-corrected chi connectivity index (χ1v) is 10.4. The Balaban J connectivity index is 0.00000392. The number of carbonyl (C=O) groups excluding carboxylic acids is 2. The fourth-order valence-corrected chi connectivity index (χ4v) is 3.38. The van der Waals surface area contributed by atoms with Crippen molar-refractivity contribution < 1.29 is 9.59 Å². The normalized spacial score (nSPS) is 19.6. The van der Waals surface area contributed by atoms with Gasteiger partial charge in [0.25, 0.3) is 0 Å². The summed E-state index contributed by atoms with van der Waals surface area (Å²) in [6.07, 6.45) is 4.80. The van der Waals surface area contributed by atoms with Crippen LogP contribution in [-0.2, 0) is 9.59 Å². The molecule has 0 aromatic heterocycles.